The molecule has 112 valence electrons. The third-order valence-electron chi connectivity index (χ3n) is 3.74. The van der Waals surface area contributed by atoms with Gasteiger partial charge in [0.15, 0.2) is 0 Å². The molecule has 0 spiro atoms. The van der Waals surface area contributed by atoms with Crippen LogP contribution in [0, 0.1) is 5.92 Å². The van der Waals surface area contributed by atoms with Gasteiger partial charge in [-0.05, 0) is 25.2 Å². The van der Waals surface area contributed by atoms with Gasteiger partial charge in [0.2, 0.25) is 17.8 Å². The number of hydrogen-bond donors (Lipinski definition) is 3. The van der Waals surface area contributed by atoms with Crippen molar-refractivity contribution in [1.29, 1.82) is 0 Å². The third kappa shape index (κ3) is 3.93. The average molecular weight is 279 g/mol. The van der Waals surface area contributed by atoms with Crippen LogP contribution in [0.15, 0.2) is 0 Å². The van der Waals surface area contributed by atoms with E-state index in [1.165, 1.54) is 25.7 Å². The summed E-state index contributed by atoms with van der Waals surface area (Å²) in [6.45, 7) is 2.33. The average Bonchev–Trinajstić information content (AvgIpc) is 2.63. The van der Waals surface area contributed by atoms with Gasteiger partial charge in [-0.1, -0.05) is 19.8 Å². The van der Waals surface area contributed by atoms with Gasteiger partial charge in [0, 0.05) is 20.1 Å². The van der Waals surface area contributed by atoms with Crippen molar-refractivity contribution < 1.29 is 0 Å². The Morgan fingerprint density at radius 1 is 1.05 bits per heavy atom. The molecule has 0 bridgehead atoms. The van der Waals surface area contributed by atoms with E-state index in [0.29, 0.717) is 23.9 Å². The molecule has 1 aromatic heterocycles. The number of hydrogen-bond acceptors (Lipinski definition) is 7. The summed E-state index contributed by atoms with van der Waals surface area (Å²) in [5.74, 6) is 7.80. The minimum Gasteiger partial charge on any atom is -0.351 e. The van der Waals surface area contributed by atoms with Gasteiger partial charge in [-0.25, -0.2) is 5.84 Å². The van der Waals surface area contributed by atoms with E-state index in [-0.39, 0.29) is 0 Å². The lowest BCUT2D eigenvalue weighted by atomic mass is 10.0. The Bertz CT molecular complexity index is 435. The zero-order chi connectivity index (χ0) is 14.5. The molecule has 0 aliphatic heterocycles. The molecule has 1 aliphatic rings. The summed E-state index contributed by atoms with van der Waals surface area (Å²) in [7, 11) is 3.79. The van der Waals surface area contributed by atoms with E-state index < -0.39 is 0 Å². The van der Waals surface area contributed by atoms with Crippen LogP contribution in [0.5, 0.6) is 0 Å². The molecule has 20 heavy (non-hydrogen) atoms. The Labute approximate surface area is 120 Å². The first-order valence-corrected chi connectivity index (χ1v) is 7.25. The number of aromatic nitrogens is 3. The molecule has 0 saturated heterocycles. The summed E-state index contributed by atoms with van der Waals surface area (Å²) >= 11 is 0. The van der Waals surface area contributed by atoms with Gasteiger partial charge < -0.3 is 10.2 Å². The van der Waals surface area contributed by atoms with Gasteiger partial charge in [-0.2, -0.15) is 15.0 Å². The Balaban J connectivity index is 2.09. The molecule has 1 saturated carbocycles. The van der Waals surface area contributed by atoms with Gasteiger partial charge in [0.1, 0.15) is 0 Å². The molecular weight excluding hydrogens is 254 g/mol. The van der Waals surface area contributed by atoms with E-state index in [2.05, 4.69) is 32.6 Å². The Hall–Kier alpha value is -1.63. The summed E-state index contributed by atoms with van der Waals surface area (Å²) in [6.07, 6.45) is 6.15. The lowest BCUT2D eigenvalue weighted by molar-refractivity contribution is 0.501. The predicted molar refractivity (Wildman–Crippen MR) is 81.6 cm³/mol. The van der Waals surface area contributed by atoms with Crippen LogP contribution in [0.2, 0.25) is 0 Å². The first kappa shape index (κ1) is 14.8. The van der Waals surface area contributed by atoms with E-state index in [9.17, 15) is 0 Å². The number of nitrogens with zero attached hydrogens (tertiary/aromatic N) is 4. The van der Waals surface area contributed by atoms with Crippen LogP contribution in [-0.2, 0) is 0 Å². The summed E-state index contributed by atoms with van der Waals surface area (Å²) in [5.41, 5.74) is 2.49. The van der Waals surface area contributed by atoms with Crippen molar-refractivity contribution >= 4 is 17.8 Å². The summed E-state index contributed by atoms with van der Waals surface area (Å²) < 4.78 is 0. The van der Waals surface area contributed by atoms with Gasteiger partial charge in [-0.3, -0.25) is 5.43 Å². The molecule has 0 radical (unpaired) electrons. The molecule has 7 heteroatoms. The fourth-order valence-corrected chi connectivity index (χ4v) is 2.51. The molecule has 1 aliphatic carbocycles. The quantitative estimate of drug-likeness (QED) is 0.438. The Morgan fingerprint density at radius 3 is 2.50 bits per heavy atom. The molecule has 0 aromatic carbocycles. The first-order chi connectivity index (χ1) is 9.58. The van der Waals surface area contributed by atoms with Crippen molar-refractivity contribution in [2.75, 3.05) is 29.7 Å². The third-order valence-corrected chi connectivity index (χ3v) is 3.74. The second-order valence-electron chi connectivity index (χ2n) is 5.78. The van der Waals surface area contributed by atoms with Gasteiger partial charge in [-0.15, -0.1) is 0 Å². The summed E-state index contributed by atoms with van der Waals surface area (Å²) in [6, 6.07) is 0.433. The molecule has 2 atom stereocenters. The molecule has 1 heterocycles. The lowest BCUT2D eigenvalue weighted by Crippen LogP contribution is -2.23. The fourth-order valence-electron chi connectivity index (χ4n) is 2.51. The van der Waals surface area contributed by atoms with Crippen molar-refractivity contribution in [3.63, 3.8) is 0 Å². The summed E-state index contributed by atoms with van der Waals surface area (Å²) in [4.78, 5) is 14.7. The molecular formula is C13H25N7. The van der Waals surface area contributed by atoms with Gasteiger partial charge >= 0.3 is 0 Å². The highest BCUT2D eigenvalue weighted by molar-refractivity contribution is 5.42. The van der Waals surface area contributed by atoms with Gasteiger partial charge in [0.25, 0.3) is 0 Å². The maximum absolute atomic E-state index is 5.42. The monoisotopic (exact) mass is 279 g/mol. The number of nitrogens with two attached hydrogens (primary N) is 1. The van der Waals surface area contributed by atoms with Crippen LogP contribution in [0.1, 0.15) is 39.0 Å². The van der Waals surface area contributed by atoms with Crippen LogP contribution >= 0.6 is 0 Å². The zero-order valence-electron chi connectivity index (χ0n) is 12.6. The van der Waals surface area contributed by atoms with Crippen molar-refractivity contribution in [2.24, 2.45) is 11.8 Å². The van der Waals surface area contributed by atoms with E-state index in [4.69, 9.17) is 5.84 Å². The molecule has 0 amide bonds. The number of nitrogens with one attached hydrogen (secondary N) is 2. The number of anilines is 3. The maximum atomic E-state index is 5.42. The molecule has 1 aromatic rings. The van der Waals surface area contributed by atoms with Crippen LogP contribution in [0.3, 0.4) is 0 Å². The van der Waals surface area contributed by atoms with Crippen LogP contribution in [0.4, 0.5) is 17.8 Å². The first-order valence-electron chi connectivity index (χ1n) is 7.25. The van der Waals surface area contributed by atoms with E-state index in [0.717, 1.165) is 12.3 Å². The van der Waals surface area contributed by atoms with Crippen molar-refractivity contribution in [2.45, 2.75) is 45.1 Å². The van der Waals surface area contributed by atoms with Crippen molar-refractivity contribution in [3.8, 4) is 0 Å². The van der Waals surface area contributed by atoms with Crippen LogP contribution in [-0.4, -0.2) is 35.1 Å². The SMILES string of the molecule is CC1CCCC(Nc2nc(NN)nc(N(C)C)n2)CC1. The normalized spacial score (nSPS) is 23.0. The molecule has 2 unspecified atom stereocenters. The van der Waals surface area contributed by atoms with Crippen molar-refractivity contribution in [3.05, 3.63) is 0 Å². The zero-order valence-corrected chi connectivity index (χ0v) is 12.6. The molecule has 1 fully saturated rings. The molecule has 2 rings (SSSR count). The second kappa shape index (κ2) is 6.69. The minimum atomic E-state index is 0.383. The number of nitrogen functional groups attached to an aromatic ring is 1. The fraction of sp³-hybridized carbons (Fsp3) is 0.769. The minimum absolute atomic E-state index is 0.383. The summed E-state index contributed by atoms with van der Waals surface area (Å²) in [5, 5.41) is 3.43. The van der Waals surface area contributed by atoms with E-state index >= 15 is 0 Å². The highest BCUT2D eigenvalue weighted by Gasteiger charge is 2.17. The topological polar surface area (TPSA) is 92.0 Å². The number of rotatable bonds is 4. The Morgan fingerprint density at radius 2 is 1.80 bits per heavy atom. The predicted octanol–water partition coefficient (Wildman–Crippen LogP) is 1.60. The lowest BCUT2D eigenvalue weighted by Gasteiger charge is -2.18. The largest absolute Gasteiger partial charge is 0.351 e. The van der Waals surface area contributed by atoms with Crippen LogP contribution < -0.4 is 21.5 Å². The van der Waals surface area contributed by atoms with Crippen molar-refractivity contribution in [1.82, 2.24) is 15.0 Å². The van der Waals surface area contributed by atoms with Gasteiger partial charge in [0.05, 0.1) is 0 Å². The number of hydrazine groups is 1. The highest BCUT2D eigenvalue weighted by Crippen LogP contribution is 2.24. The van der Waals surface area contributed by atoms with Crippen LogP contribution in [0.25, 0.3) is 0 Å². The van der Waals surface area contributed by atoms with E-state index in [1.54, 1.807) is 0 Å². The van der Waals surface area contributed by atoms with E-state index in [1.807, 2.05) is 19.0 Å². The Kier molecular flexibility index (Phi) is 4.94. The maximum Gasteiger partial charge on any atom is 0.243 e. The molecule has 4 N–H and O–H groups in total. The standard InChI is InChI=1S/C13H25N7/c1-9-5-4-6-10(8-7-9)15-11-16-12(19-14)18-13(17-11)20(2)3/h9-10H,4-8,14H2,1-3H3,(H2,15,16,17,18,19). The second-order valence-corrected chi connectivity index (χ2v) is 5.78. The molecule has 7 nitrogen and oxygen atoms in total. The smallest absolute Gasteiger partial charge is 0.243 e. The highest BCUT2D eigenvalue weighted by atomic mass is 15.4.